The largest absolute Gasteiger partial charge is 0.504 e. The van der Waals surface area contributed by atoms with Crippen LogP contribution in [0.5, 0.6) is 28.7 Å². The van der Waals surface area contributed by atoms with Gasteiger partial charge in [0.15, 0.2) is 11.5 Å². The summed E-state index contributed by atoms with van der Waals surface area (Å²) in [6.07, 6.45) is 0. The zero-order valence-corrected chi connectivity index (χ0v) is 31.3. The molecule has 10 rings (SSSR count). The van der Waals surface area contributed by atoms with E-state index in [1.807, 2.05) is 86.6 Å². The number of benzene rings is 10. The standard InChI is InChI=1S/C50H32O5.C2H6/c51-46-45(47(52)49(54)50(55)48(46)53)44-38-17-9-8-16-37(38)43(39-25-23-32(26-42(39)44)28-10-2-1-3-11-28)31-20-18-30(19-21-31)40-27-41-33-13-5-4-12-29(33)22-24-36(41)34-14-6-7-15-35(34)40;1-2/h1-27,51-55H;1-2H3. The van der Waals surface area contributed by atoms with E-state index in [-0.39, 0.29) is 5.56 Å². The van der Waals surface area contributed by atoms with Crippen molar-refractivity contribution in [3.05, 3.63) is 164 Å². The Hall–Kier alpha value is -7.50. The molecule has 0 bridgehead atoms. The molecule has 0 aromatic heterocycles. The fourth-order valence-electron chi connectivity index (χ4n) is 8.41. The van der Waals surface area contributed by atoms with Crippen LogP contribution in [0.15, 0.2) is 164 Å². The molecule has 0 fully saturated rings. The van der Waals surface area contributed by atoms with Crippen molar-refractivity contribution in [2.75, 3.05) is 0 Å². The fourth-order valence-corrected chi connectivity index (χ4v) is 8.41. The Kier molecular flexibility index (Phi) is 8.63. The normalized spacial score (nSPS) is 11.3. The average Bonchev–Trinajstić information content (AvgIpc) is 3.28. The van der Waals surface area contributed by atoms with Gasteiger partial charge in [0.25, 0.3) is 0 Å². The van der Waals surface area contributed by atoms with Gasteiger partial charge < -0.3 is 25.5 Å². The van der Waals surface area contributed by atoms with Gasteiger partial charge in [-0.2, -0.15) is 0 Å². The molecule has 0 saturated carbocycles. The van der Waals surface area contributed by atoms with E-state index in [1.165, 1.54) is 32.3 Å². The van der Waals surface area contributed by atoms with Crippen LogP contribution in [-0.4, -0.2) is 25.5 Å². The molecule has 0 radical (unpaired) electrons. The molecule has 5 heteroatoms. The predicted octanol–water partition coefficient (Wildman–Crippen LogP) is 13.7. The van der Waals surface area contributed by atoms with Crippen LogP contribution in [0.4, 0.5) is 0 Å². The molecule has 0 amide bonds. The molecule has 10 aromatic carbocycles. The molecule has 5 nitrogen and oxygen atoms in total. The van der Waals surface area contributed by atoms with Gasteiger partial charge in [-0.1, -0.05) is 166 Å². The second-order valence-electron chi connectivity index (χ2n) is 14.0. The van der Waals surface area contributed by atoms with Gasteiger partial charge in [0, 0.05) is 5.56 Å². The lowest BCUT2D eigenvalue weighted by molar-refractivity contribution is 0.330. The van der Waals surface area contributed by atoms with Crippen molar-refractivity contribution in [1.29, 1.82) is 0 Å². The highest BCUT2D eigenvalue weighted by Crippen LogP contribution is 2.58. The number of aromatic hydroxyl groups is 5. The van der Waals surface area contributed by atoms with Gasteiger partial charge in [-0.05, 0) is 99.4 Å². The van der Waals surface area contributed by atoms with Crippen LogP contribution in [0.1, 0.15) is 13.8 Å². The van der Waals surface area contributed by atoms with E-state index in [2.05, 4.69) is 91.0 Å². The van der Waals surface area contributed by atoms with E-state index in [9.17, 15) is 25.5 Å². The first-order chi connectivity index (χ1) is 27.9. The van der Waals surface area contributed by atoms with Gasteiger partial charge in [-0.3, -0.25) is 0 Å². The fraction of sp³-hybridized carbons (Fsp3) is 0.0385. The van der Waals surface area contributed by atoms with Crippen LogP contribution in [0.2, 0.25) is 0 Å². The first-order valence-electron chi connectivity index (χ1n) is 19.1. The maximum atomic E-state index is 11.3. The van der Waals surface area contributed by atoms with Crippen molar-refractivity contribution >= 4 is 53.9 Å². The minimum Gasteiger partial charge on any atom is -0.504 e. The van der Waals surface area contributed by atoms with E-state index in [4.69, 9.17) is 0 Å². The van der Waals surface area contributed by atoms with Gasteiger partial charge in [0.1, 0.15) is 0 Å². The number of rotatable bonds is 4. The smallest absolute Gasteiger partial charge is 0.208 e. The third-order valence-corrected chi connectivity index (χ3v) is 11.0. The summed E-state index contributed by atoms with van der Waals surface area (Å²) in [5.41, 5.74) is 6.21. The molecule has 276 valence electrons. The summed E-state index contributed by atoms with van der Waals surface area (Å²) in [4.78, 5) is 0. The lowest BCUT2D eigenvalue weighted by atomic mass is 9.83. The van der Waals surface area contributed by atoms with E-state index >= 15 is 0 Å². The monoisotopic (exact) mass is 742 g/mol. The predicted molar refractivity (Wildman–Crippen MR) is 235 cm³/mol. The molecule has 0 aliphatic rings. The van der Waals surface area contributed by atoms with Crippen molar-refractivity contribution in [3.63, 3.8) is 0 Å². The number of fused-ring (bicyclic) bond motifs is 7. The van der Waals surface area contributed by atoms with Crippen molar-refractivity contribution < 1.29 is 25.5 Å². The van der Waals surface area contributed by atoms with Crippen LogP contribution in [-0.2, 0) is 0 Å². The van der Waals surface area contributed by atoms with Gasteiger partial charge in [-0.15, -0.1) is 0 Å². The lowest BCUT2D eigenvalue weighted by Gasteiger charge is -2.21. The van der Waals surface area contributed by atoms with E-state index in [0.717, 1.165) is 44.2 Å². The molecule has 0 saturated heterocycles. The second kappa shape index (κ2) is 14.0. The molecule has 5 N–H and O–H groups in total. The second-order valence-corrected chi connectivity index (χ2v) is 14.0. The topological polar surface area (TPSA) is 101 Å². The molecule has 0 heterocycles. The summed E-state index contributed by atoms with van der Waals surface area (Å²) in [7, 11) is 0. The summed E-state index contributed by atoms with van der Waals surface area (Å²) >= 11 is 0. The Morgan fingerprint density at radius 1 is 0.263 bits per heavy atom. The van der Waals surface area contributed by atoms with Crippen LogP contribution in [0.3, 0.4) is 0 Å². The summed E-state index contributed by atoms with van der Waals surface area (Å²) in [6.45, 7) is 4.00. The molecular formula is C52H38O5. The molecule has 0 atom stereocenters. The zero-order valence-electron chi connectivity index (χ0n) is 31.3. The van der Waals surface area contributed by atoms with Gasteiger partial charge in [0.2, 0.25) is 17.2 Å². The Bertz CT molecular complexity index is 3160. The van der Waals surface area contributed by atoms with Crippen molar-refractivity contribution in [1.82, 2.24) is 0 Å². The molecule has 0 aliphatic carbocycles. The summed E-state index contributed by atoms with van der Waals surface area (Å²) in [5, 5.41) is 64.4. The van der Waals surface area contributed by atoms with Gasteiger partial charge in [-0.25, -0.2) is 0 Å². The summed E-state index contributed by atoms with van der Waals surface area (Å²) in [6, 6.07) is 56.0. The number of hydrogen-bond acceptors (Lipinski definition) is 5. The Labute approximate surface area is 329 Å². The van der Waals surface area contributed by atoms with Crippen LogP contribution >= 0.6 is 0 Å². The maximum absolute atomic E-state index is 11.3. The Morgan fingerprint density at radius 2 is 0.737 bits per heavy atom. The Balaban J connectivity index is 0.00000208. The molecular weight excluding hydrogens is 705 g/mol. The molecule has 0 aliphatic heterocycles. The van der Waals surface area contributed by atoms with Crippen LogP contribution < -0.4 is 0 Å². The Morgan fingerprint density at radius 3 is 1.42 bits per heavy atom. The van der Waals surface area contributed by atoms with E-state index in [1.54, 1.807) is 0 Å². The zero-order chi connectivity index (χ0) is 39.4. The highest BCUT2D eigenvalue weighted by atomic mass is 16.4. The minimum absolute atomic E-state index is 0.184. The number of phenols is 5. The minimum atomic E-state index is -0.999. The van der Waals surface area contributed by atoms with Gasteiger partial charge in [0.05, 0.1) is 5.56 Å². The quantitative estimate of drug-likeness (QED) is 0.0535. The third kappa shape index (κ3) is 5.55. The van der Waals surface area contributed by atoms with Crippen molar-refractivity contribution in [2.45, 2.75) is 13.8 Å². The van der Waals surface area contributed by atoms with Crippen LogP contribution in [0.25, 0.3) is 98.4 Å². The molecule has 57 heavy (non-hydrogen) atoms. The molecule has 0 spiro atoms. The molecule has 0 unspecified atom stereocenters. The average molecular weight is 743 g/mol. The number of phenolic OH excluding ortho intramolecular Hbond substituents is 5. The van der Waals surface area contributed by atoms with Crippen LogP contribution in [0, 0.1) is 0 Å². The van der Waals surface area contributed by atoms with Crippen molar-refractivity contribution in [2.24, 2.45) is 0 Å². The third-order valence-electron chi connectivity index (χ3n) is 11.0. The summed E-state index contributed by atoms with van der Waals surface area (Å²) in [5.74, 6) is -4.32. The van der Waals surface area contributed by atoms with Crippen molar-refractivity contribution in [3.8, 4) is 73.3 Å². The summed E-state index contributed by atoms with van der Waals surface area (Å²) < 4.78 is 0. The highest BCUT2D eigenvalue weighted by molar-refractivity contribution is 6.24. The lowest BCUT2D eigenvalue weighted by Crippen LogP contribution is -1.93. The number of hydrogen-bond donors (Lipinski definition) is 5. The van der Waals surface area contributed by atoms with Gasteiger partial charge >= 0.3 is 0 Å². The maximum Gasteiger partial charge on any atom is 0.208 e. The SMILES string of the molecule is CC.Oc1c(O)c(O)c(-c2c3ccccc3c(-c3ccc(-c4cc5c6ccccc6ccc5c5ccccc45)cc3)c3ccc(-c4ccccc4)cc23)c(O)c1O. The highest BCUT2D eigenvalue weighted by Gasteiger charge is 2.28. The first kappa shape index (κ1) is 35.2. The first-order valence-corrected chi connectivity index (χ1v) is 19.1. The van der Waals surface area contributed by atoms with E-state index < -0.39 is 28.7 Å². The molecule has 10 aromatic rings. The van der Waals surface area contributed by atoms with E-state index in [0.29, 0.717) is 16.3 Å².